The van der Waals surface area contributed by atoms with E-state index in [2.05, 4.69) is 51.2 Å². The smallest absolute Gasteiger partial charge is 0.0458 e. The first kappa shape index (κ1) is 14.6. The fourth-order valence-electron chi connectivity index (χ4n) is 3.80. The SMILES string of the molecule is c1ccc2c3c([nH]c2c1)CCC(NCCN1CCSCC1)C3. The molecule has 1 atom stereocenters. The van der Waals surface area contributed by atoms with Crippen LogP contribution < -0.4 is 5.32 Å². The molecule has 2 N–H and O–H groups in total. The number of aryl methyl sites for hydroxylation is 1. The summed E-state index contributed by atoms with van der Waals surface area (Å²) >= 11 is 2.09. The van der Waals surface area contributed by atoms with Gasteiger partial charge in [0.1, 0.15) is 0 Å². The third-order valence-corrected chi connectivity index (χ3v) is 6.00. The van der Waals surface area contributed by atoms with Crippen molar-refractivity contribution in [3.05, 3.63) is 35.5 Å². The average Bonchev–Trinajstić information content (AvgIpc) is 2.94. The summed E-state index contributed by atoms with van der Waals surface area (Å²) in [5.41, 5.74) is 4.32. The summed E-state index contributed by atoms with van der Waals surface area (Å²) in [6, 6.07) is 9.38. The van der Waals surface area contributed by atoms with Gasteiger partial charge in [0.15, 0.2) is 0 Å². The monoisotopic (exact) mass is 315 g/mol. The van der Waals surface area contributed by atoms with Crippen molar-refractivity contribution in [1.82, 2.24) is 15.2 Å². The molecule has 3 nitrogen and oxygen atoms in total. The van der Waals surface area contributed by atoms with Crippen molar-refractivity contribution < 1.29 is 0 Å². The summed E-state index contributed by atoms with van der Waals surface area (Å²) in [4.78, 5) is 6.21. The highest BCUT2D eigenvalue weighted by Gasteiger charge is 2.22. The number of rotatable bonds is 4. The standard InChI is InChI=1S/C18H25N3S/c1-2-4-17-15(3-1)16-13-14(5-6-18(16)20-17)19-7-8-21-9-11-22-12-10-21/h1-4,14,19-20H,5-13H2. The molecule has 0 saturated carbocycles. The van der Waals surface area contributed by atoms with E-state index in [1.807, 2.05) is 0 Å². The van der Waals surface area contributed by atoms with Gasteiger partial charge < -0.3 is 15.2 Å². The van der Waals surface area contributed by atoms with E-state index >= 15 is 0 Å². The average molecular weight is 315 g/mol. The van der Waals surface area contributed by atoms with Crippen LogP contribution >= 0.6 is 11.8 Å². The lowest BCUT2D eigenvalue weighted by Gasteiger charge is -2.28. The van der Waals surface area contributed by atoms with E-state index in [1.165, 1.54) is 67.0 Å². The van der Waals surface area contributed by atoms with Crippen molar-refractivity contribution in [2.45, 2.75) is 25.3 Å². The third kappa shape index (κ3) is 3.05. The summed E-state index contributed by atoms with van der Waals surface area (Å²) in [5, 5.41) is 5.23. The molecule has 0 amide bonds. The van der Waals surface area contributed by atoms with Crippen LogP contribution in [0, 0.1) is 0 Å². The molecule has 0 radical (unpaired) electrons. The molecule has 0 bridgehead atoms. The fraction of sp³-hybridized carbons (Fsp3) is 0.556. The van der Waals surface area contributed by atoms with E-state index in [4.69, 9.17) is 0 Å². The molecule has 4 heteroatoms. The fourth-order valence-corrected chi connectivity index (χ4v) is 4.77. The van der Waals surface area contributed by atoms with Gasteiger partial charge >= 0.3 is 0 Å². The van der Waals surface area contributed by atoms with Gasteiger partial charge in [0.2, 0.25) is 0 Å². The van der Waals surface area contributed by atoms with E-state index in [-0.39, 0.29) is 0 Å². The topological polar surface area (TPSA) is 31.1 Å². The molecule has 118 valence electrons. The van der Waals surface area contributed by atoms with E-state index < -0.39 is 0 Å². The van der Waals surface area contributed by atoms with Crippen LogP contribution in [0.3, 0.4) is 0 Å². The zero-order valence-electron chi connectivity index (χ0n) is 13.1. The van der Waals surface area contributed by atoms with Crippen molar-refractivity contribution in [2.24, 2.45) is 0 Å². The number of nitrogens with zero attached hydrogens (tertiary/aromatic N) is 1. The van der Waals surface area contributed by atoms with Gasteiger partial charge in [-0.25, -0.2) is 0 Å². The second-order valence-electron chi connectivity index (χ2n) is 6.48. The van der Waals surface area contributed by atoms with E-state index in [1.54, 1.807) is 5.56 Å². The van der Waals surface area contributed by atoms with Crippen molar-refractivity contribution in [3.63, 3.8) is 0 Å². The number of hydrogen-bond donors (Lipinski definition) is 2. The number of nitrogens with one attached hydrogen (secondary N) is 2. The highest BCUT2D eigenvalue weighted by atomic mass is 32.2. The molecular formula is C18H25N3S. The Morgan fingerprint density at radius 1 is 1.23 bits per heavy atom. The number of benzene rings is 1. The van der Waals surface area contributed by atoms with Crippen LogP contribution in [0.15, 0.2) is 24.3 Å². The molecule has 1 unspecified atom stereocenters. The molecule has 1 aliphatic heterocycles. The molecular weight excluding hydrogens is 290 g/mol. The lowest BCUT2D eigenvalue weighted by Crippen LogP contribution is -2.42. The lowest BCUT2D eigenvalue weighted by molar-refractivity contribution is 0.292. The Labute approximate surface area is 136 Å². The van der Waals surface area contributed by atoms with Crippen molar-refractivity contribution in [2.75, 3.05) is 37.7 Å². The molecule has 2 aliphatic rings. The Hall–Kier alpha value is -0.970. The Kier molecular flexibility index (Phi) is 4.42. The summed E-state index contributed by atoms with van der Waals surface area (Å²) in [6.45, 7) is 4.87. The van der Waals surface area contributed by atoms with Crippen LogP contribution in [0.25, 0.3) is 10.9 Å². The second-order valence-corrected chi connectivity index (χ2v) is 7.70. The van der Waals surface area contributed by atoms with Crippen LogP contribution in [-0.2, 0) is 12.8 Å². The lowest BCUT2D eigenvalue weighted by atomic mass is 9.91. The first-order valence-electron chi connectivity index (χ1n) is 8.52. The minimum atomic E-state index is 0.644. The summed E-state index contributed by atoms with van der Waals surface area (Å²) in [7, 11) is 0. The molecule has 1 saturated heterocycles. The summed E-state index contributed by atoms with van der Waals surface area (Å²) < 4.78 is 0. The first-order valence-corrected chi connectivity index (χ1v) is 9.67. The molecule has 0 spiro atoms. The van der Waals surface area contributed by atoms with Gasteiger partial charge in [-0.15, -0.1) is 0 Å². The Balaban J connectivity index is 1.35. The molecule has 1 aliphatic carbocycles. The molecule has 1 fully saturated rings. The number of H-pyrrole nitrogens is 1. The highest BCUT2D eigenvalue weighted by molar-refractivity contribution is 7.99. The van der Waals surface area contributed by atoms with Crippen LogP contribution in [0.1, 0.15) is 17.7 Å². The number of fused-ring (bicyclic) bond motifs is 3. The Morgan fingerprint density at radius 2 is 2.09 bits per heavy atom. The zero-order valence-corrected chi connectivity index (χ0v) is 13.9. The minimum Gasteiger partial charge on any atom is -0.358 e. The largest absolute Gasteiger partial charge is 0.358 e. The van der Waals surface area contributed by atoms with Gasteiger partial charge in [-0.2, -0.15) is 11.8 Å². The summed E-state index contributed by atoms with van der Waals surface area (Å²) in [5.74, 6) is 2.62. The van der Waals surface area contributed by atoms with E-state index in [0.717, 1.165) is 6.54 Å². The highest BCUT2D eigenvalue weighted by Crippen LogP contribution is 2.28. The molecule has 1 aromatic carbocycles. The van der Waals surface area contributed by atoms with Gasteiger partial charge in [0, 0.05) is 60.3 Å². The third-order valence-electron chi connectivity index (χ3n) is 5.06. The second kappa shape index (κ2) is 6.65. The number of hydrogen-bond acceptors (Lipinski definition) is 3. The quantitative estimate of drug-likeness (QED) is 0.909. The maximum Gasteiger partial charge on any atom is 0.0458 e. The van der Waals surface area contributed by atoms with Gasteiger partial charge in [0.25, 0.3) is 0 Å². The Morgan fingerprint density at radius 3 is 3.00 bits per heavy atom. The van der Waals surface area contributed by atoms with Gasteiger partial charge in [-0.3, -0.25) is 0 Å². The van der Waals surface area contributed by atoms with Crippen molar-refractivity contribution in [3.8, 4) is 0 Å². The van der Waals surface area contributed by atoms with Crippen LogP contribution in [-0.4, -0.2) is 53.6 Å². The maximum atomic E-state index is 3.80. The van der Waals surface area contributed by atoms with Crippen LogP contribution in [0.4, 0.5) is 0 Å². The van der Waals surface area contributed by atoms with Gasteiger partial charge in [0.05, 0.1) is 0 Å². The number of thioether (sulfide) groups is 1. The van der Waals surface area contributed by atoms with Crippen molar-refractivity contribution >= 4 is 22.7 Å². The predicted molar refractivity (Wildman–Crippen MR) is 95.9 cm³/mol. The van der Waals surface area contributed by atoms with Gasteiger partial charge in [-0.05, 0) is 30.9 Å². The molecule has 2 aromatic rings. The van der Waals surface area contributed by atoms with E-state index in [9.17, 15) is 0 Å². The summed E-state index contributed by atoms with van der Waals surface area (Å²) in [6.07, 6.45) is 3.62. The zero-order chi connectivity index (χ0) is 14.8. The first-order chi connectivity index (χ1) is 10.9. The maximum absolute atomic E-state index is 3.80. The van der Waals surface area contributed by atoms with Crippen LogP contribution in [0.5, 0.6) is 0 Å². The number of para-hydroxylation sites is 1. The van der Waals surface area contributed by atoms with Crippen LogP contribution in [0.2, 0.25) is 0 Å². The number of aromatic amines is 1. The normalized spacial score (nSPS) is 22.8. The molecule has 1 aromatic heterocycles. The molecule has 2 heterocycles. The minimum absolute atomic E-state index is 0.644. The molecule has 4 rings (SSSR count). The van der Waals surface area contributed by atoms with E-state index in [0.29, 0.717) is 6.04 Å². The van der Waals surface area contributed by atoms with Gasteiger partial charge in [-0.1, -0.05) is 18.2 Å². The predicted octanol–water partition coefficient (Wildman–Crippen LogP) is 2.66. The molecule has 22 heavy (non-hydrogen) atoms. The van der Waals surface area contributed by atoms with Crippen molar-refractivity contribution in [1.29, 1.82) is 0 Å². The number of aromatic nitrogens is 1. The Bertz CT molecular complexity index is 630.